The molecule has 0 bridgehead atoms. The van der Waals surface area contributed by atoms with Crippen LogP contribution in [0.15, 0.2) is 4.40 Å². The number of ether oxygens (including phenoxy) is 1. The number of alkyl halides is 3. The summed E-state index contributed by atoms with van der Waals surface area (Å²) in [6.45, 7) is 2.15. The molecule has 110 valence electrons. The van der Waals surface area contributed by atoms with Crippen LogP contribution < -0.4 is 5.32 Å². The number of nitrogens with one attached hydrogen (secondary N) is 1. The number of hydrogen-bond donors (Lipinski definition) is 1. The monoisotopic (exact) mass is 299 g/mol. The summed E-state index contributed by atoms with van der Waals surface area (Å²) in [5.41, 5.74) is -0.478. The van der Waals surface area contributed by atoms with Crippen molar-refractivity contribution in [2.45, 2.75) is 25.6 Å². The molecule has 0 fully saturated rings. The van der Waals surface area contributed by atoms with Crippen molar-refractivity contribution in [1.82, 2.24) is 10.2 Å². The smallest absolute Gasteiger partial charge is 0.345 e. The van der Waals surface area contributed by atoms with Crippen molar-refractivity contribution in [3.8, 4) is 0 Å². The highest BCUT2D eigenvalue weighted by molar-refractivity contribution is 7.98. The Morgan fingerprint density at radius 3 is 2.68 bits per heavy atom. The number of amidine groups is 1. The van der Waals surface area contributed by atoms with E-state index in [1.165, 1.54) is 0 Å². The molecule has 1 heterocycles. The predicted molar refractivity (Wildman–Crippen MR) is 66.4 cm³/mol. The SMILES string of the molecule is CC(C)C1=NSC(OCC(=O)NCC(F)(F)F)N1C. The molecule has 1 aliphatic rings. The van der Waals surface area contributed by atoms with Crippen LogP contribution in [-0.4, -0.2) is 48.6 Å². The maximum atomic E-state index is 11.9. The Hall–Kier alpha value is -0.960. The van der Waals surface area contributed by atoms with E-state index >= 15 is 0 Å². The number of carbonyl (C=O) groups excluding carboxylic acids is 1. The van der Waals surface area contributed by atoms with Gasteiger partial charge in [-0.2, -0.15) is 17.6 Å². The number of nitrogens with zero attached hydrogens (tertiary/aromatic N) is 2. The summed E-state index contributed by atoms with van der Waals surface area (Å²) in [5.74, 6) is 0.236. The lowest BCUT2D eigenvalue weighted by molar-refractivity contribution is -0.142. The van der Waals surface area contributed by atoms with E-state index in [1.54, 1.807) is 17.3 Å². The molecular weight excluding hydrogens is 283 g/mol. The van der Waals surface area contributed by atoms with Gasteiger partial charge in [0.05, 0.1) is 0 Å². The summed E-state index contributed by atoms with van der Waals surface area (Å²) in [5, 5.41) is 1.74. The molecule has 1 rings (SSSR count). The van der Waals surface area contributed by atoms with Crippen LogP contribution >= 0.6 is 11.9 Å². The first kappa shape index (κ1) is 16.1. The Kier molecular flexibility index (Phi) is 5.48. The molecule has 0 saturated carbocycles. The maximum absolute atomic E-state index is 11.9. The zero-order valence-corrected chi connectivity index (χ0v) is 11.6. The van der Waals surface area contributed by atoms with Gasteiger partial charge in [-0.05, 0) is 0 Å². The predicted octanol–water partition coefficient (Wildman–Crippen LogP) is 1.61. The molecule has 0 aliphatic carbocycles. The molecule has 1 amide bonds. The van der Waals surface area contributed by atoms with Crippen LogP contribution in [0.5, 0.6) is 0 Å². The summed E-state index contributed by atoms with van der Waals surface area (Å²) < 4.78 is 45.0. The van der Waals surface area contributed by atoms with Gasteiger partial charge in [0.15, 0.2) is 0 Å². The molecule has 5 nitrogen and oxygen atoms in total. The van der Waals surface area contributed by atoms with Crippen molar-refractivity contribution in [2.75, 3.05) is 20.2 Å². The Bertz CT molecular complexity index is 360. The fourth-order valence-electron chi connectivity index (χ4n) is 1.39. The van der Waals surface area contributed by atoms with Gasteiger partial charge in [-0.15, -0.1) is 0 Å². The third kappa shape index (κ3) is 5.27. The Labute approximate surface area is 113 Å². The lowest BCUT2D eigenvalue weighted by Gasteiger charge is -2.23. The van der Waals surface area contributed by atoms with E-state index in [0.29, 0.717) is 0 Å². The van der Waals surface area contributed by atoms with Crippen molar-refractivity contribution in [1.29, 1.82) is 0 Å². The number of carbonyl (C=O) groups is 1. The van der Waals surface area contributed by atoms with Crippen molar-refractivity contribution in [3.63, 3.8) is 0 Å². The molecule has 1 N–H and O–H groups in total. The molecular formula is C10H16F3N3O2S. The van der Waals surface area contributed by atoms with E-state index in [0.717, 1.165) is 17.8 Å². The Morgan fingerprint density at radius 1 is 1.58 bits per heavy atom. The minimum absolute atomic E-state index is 0.213. The fraction of sp³-hybridized carbons (Fsp3) is 0.800. The molecule has 1 unspecified atom stereocenters. The highest BCUT2D eigenvalue weighted by atomic mass is 32.2. The van der Waals surface area contributed by atoms with Gasteiger partial charge in [0, 0.05) is 24.9 Å². The number of hydrogen-bond acceptors (Lipinski definition) is 5. The summed E-state index contributed by atoms with van der Waals surface area (Å²) in [4.78, 5) is 12.9. The summed E-state index contributed by atoms with van der Waals surface area (Å²) in [6.07, 6.45) is -4.41. The molecule has 9 heteroatoms. The van der Waals surface area contributed by atoms with Crippen LogP contribution in [-0.2, 0) is 9.53 Å². The first-order valence-corrected chi connectivity index (χ1v) is 6.46. The van der Waals surface area contributed by atoms with Gasteiger partial charge in [0.1, 0.15) is 19.0 Å². The van der Waals surface area contributed by atoms with E-state index in [9.17, 15) is 18.0 Å². The summed E-state index contributed by atoms with van der Waals surface area (Å²) in [7, 11) is 1.76. The molecule has 1 atom stereocenters. The standard InChI is InChI=1S/C10H16F3N3O2S/c1-6(2)8-15-19-9(16(8)3)18-4-7(17)14-5-10(11,12)13/h6,9H,4-5H2,1-3H3,(H,14,17). The zero-order valence-electron chi connectivity index (χ0n) is 10.8. The van der Waals surface area contributed by atoms with Crippen LogP contribution in [0.2, 0.25) is 0 Å². The largest absolute Gasteiger partial charge is 0.405 e. The second-order valence-corrected chi connectivity index (χ2v) is 5.13. The third-order valence-electron chi connectivity index (χ3n) is 2.27. The highest BCUT2D eigenvalue weighted by Crippen LogP contribution is 2.27. The fourth-order valence-corrected chi connectivity index (χ4v) is 2.31. The minimum Gasteiger partial charge on any atom is -0.345 e. The van der Waals surface area contributed by atoms with Gasteiger partial charge in [-0.3, -0.25) is 4.79 Å². The molecule has 0 aromatic rings. The van der Waals surface area contributed by atoms with E-state index in [1.807, 2.05) is 13.8 Å². The first-order valence-electron chi connectivity index (χ1n) is 5.62. The van der Waals surface area contributed by atoms with Crippen molar-refractivity contribution in [3.05, 3.63) is 0 Å². The number of halogens is 3. The molecule has 0 aromatic heterocycles. The summed E-state index contributed by atoms with van der Waals surface area (Å²) in [6, 6.07) is 0. The first-order chi connectivity index (χ1) is 8.70. The number of amides is 1. The summed E-state index contributed by atoms with van der Waals surface area (Å²) >= 11 is 1.14. The van der Waals surface area contributed by atoms with Gasteiger partial charge in [-0.1, -0.05) is 13.8 Å². The van der Waals surface area contributed by atoms with Gasteiger partial charge in [0.2, 0.25) is 11.5 Å². The zero-order chi connectivity index (χ0) is 14.6. The quantitative estimate of drug-likeness (QED) is 0.784. The van der Waals surface area contributed by atoms with Crippen LogP contribution in [0.1, 0.15) is 13.8 Å². The lowest BCUT2D eigenvalue weighted by Crippen LogP contribution is -2.39. The third-order valence-corrected chi connectivity index (χ3v) is 3.20. The number of rotatable bonds is 5. The van der Waals surface area contributed by atoms with Crippen molar-refractivity contribution < 1.29 is 22.7 Å². The topological polar surface area (TPSA) is 53.9 Å². The maximum Gasteiger partial charge on any atom is 0.405 e. The average Bonchev–Trinajstić information content (AvgIpc) is 2.64. The molecule has 0 saturated heterocycles. The lowest BCUT2D eigenvalue weighted by atomic mass is 10.2. The van der Waals surface area contributed by atoms with E-state index < -0.39 is 30.8 Å². The van der Waals surface area contributed by atoms with Gasteiger partial charge in [-0.25, -0.2) is 0 Å². The van der Waals surface area contributed by atoms with Gasteiger partial charge < -0.3 is 15.0 Å². The normalized spacial score (nSPS) is 19.8. The highest BCUT2D eigenvalue weighted by Gasteiger charge is 2.30. The Morgan fingerprint density at radius 2 is 2.21 bits per heavy atom. The van der Waals surface area contributed by atoms with Crippen molar-refractivity contribution >= 4 is 23.7 Å². The van der Waals surface area contributed by atoms with Gasteiger partial charge in [0.25, 0.3) is 0 Å². The van der Waals surface area contributed by atoms with Gasteiger partial charge >= 0.3 is 6.18 Å². The van der Waals surface area contributed by atoms with Crippen LogP contribution in [0.25, 0.3) is 0 Å². The molecule has 0 aromatic carbocycles. The second kappa shape index (κ2) is 6.47. The second-order valence-electron chi connectivity index (χ2n) is 4.33. The minimum atomic E-state index is -4.41. The van der Waals surface area contributed by atoms with Crippen LogP contribution in [0, 0.1) is 5.92 Å². The van der Waals surface area contributed by atoms with E-state index in [4.69, 9.17) is 4.74 Å². The molecule has 1 aliphatic heterocycles. The molecule has 0 radical (unpaired) electrons. The molecule has 19 heavy (non-hydrogen) atoms. The molecule has 0 spiro atoms. The van der Waals surface area contributed by atoms with Crippen LogP contribution in [0.4, 0.5) is 13.2 Å². The van der Waals surface area contributed by atoms with E-state index in [2.05, 4.69) is 4.40 Å². The Balaban J connectivity index is 2.29. The van der Waals surface area contributed by atoms with Crippen LogP contribution in [0.3, 0.4) is 0 Å². The van der Waals surface area contributed by atoms with Crippen molar-refractivity contribution in [2.24, 2.45) is 10.3 Å². The van der Waals surface area contributed by atoms with E-state index in [-0.39, 0.29) is 5.92 Å². The average molecular weight is 299 g/mol.